The van der Waals surface area contributed by atoms with Crippen LogP contribution in [0.5, 0.6) is 11.5 Å². The van der Waals surface area contributed by atoms with E-state index in [-0.39, 0.29) is 5.91 Å². The molecule has 0 bridgehead atoms. The topological polar surface area (TPSA) is 59.9 Å². The highest BCUT2D eigenvalue weighted by atomic mass is 79.9. The third-order valence-corrected chi connectivity index (χ3v) is 3.38. The number of benzene rings is 2. The average molecular weight is 363 g/mol. The van der Waals surface area contributed by atoms with E-state index in [1.54, 1.807) is 38.5 Å². The van der Waals surface area contributed by atoms with Gasteiger partial charge in [0.25, 0.3) is 5.91 Å². The lowest BCUT2D eigenvalue weighted by Gasteiger charge is -2.09. The number of rotatable bonds is 5. The summed E-state index contributed by atoms with van der Waals surface area (Å²) in [5.41, 5.74) is 3.70. The number of hydrogen-bond acceptors (Lipinski definition) is 4. The molecular weight excluding hydrogens is 348 g/mol. The fourth-order valence-corrected chi connectivity index (χ4v) is 2.27. The first-order valence-corrected chi connectivity index (χ1v) is 7.25. The van der Waals surface area contributed by atoms with E-state index in [4.69, 9.17) is 9.47 Å². The number of hydrazone groups is 1. The lowest BCUT2D eigenvalue weighted by atomic mass is 10.2. The molecule has 2 rings (SSSR count). The van der Waals surface area contributed by atoms with Crippen molar-refractivity contribution < 1.29 is 14.3 Å². The highest BCUT2D eigenvalue weighted by molar-refractivity contribution is 9.10. The molecule has 0 atom stereocenters. The zero-order valence-corrected chi connectivity index (χ0v) is 13.8. The Kier molecular flexibility index (Phi) is 5.55. The van der Waals surface area contributed by atoms with Crippen LogP contribution in [0.2, 0.25) is 0 Å². The van der Waals surface area contributed by atoms with Gasteiger partial charge in [-0.15, -0.1) is 0 Å². The third-order valence-electron chi connectivity index (χ3n) is 2.89. The number of carbonyl (C=O) groups is 1. The van der Waals surface area contributed by atoms with Crippen LogP contribution in [-0.4, -0.2) is 26.3 Å². The summed E-state index contributed by atoms with van der Waals surface area (Å²) in [4.78, 5) is 12.0. The lowest BCUT2D eigenvalue weighted by molar-refractivity contribution is 0.0955. The van der Waals surface area contributed by atoms with Crippen LogP contribution < -0.4 is 14.9 Å². The van der Waals surface area contributed by atoms with Crippen molar-refractivity contribution in [3.8, 4) is 11.5 Å². The molecule has 0 aliphatic heterocycles. The second-order valence-electron chi connectivity index (χ2n) is 4.29. The van der Waals surface area contributed by atoms with Gasteiger partial charge in [0.05, 0.1) is 20.4 Å². The van der Waals surface area contributed by atoms with Crippen LogP contribution in [0.1, 0.15) is 15.9 Å². The van der Waals surface area contributed by atoms with Crippen molar-refractivity contribution in [2.24, 2.45) is 5.10 Å². The Bertz CT molecular complexity index is 702. The molecule has 0 radical (unpaired) electrons. The molecule has 22 heavy (non-hydrogen) atoms. The normalized spacial score (nSPS) is 10.5. The van der Waals surface area contributed by atoms with Gasteiger partial charge < -0.3 is 9.47 Å². The number of amides is 1. The highest BCUT2D eigenvalue weighted by Crippen LogP contribution is 2.29. The number of nitrogens with zero attached hydrogens (tertiary/aromatic N) is 1. The van der Waals surface area contributed by atoms with Gasteiger partial charge in [0.15, 0.2) is 11.5 Å². The predicted octanol–water partition coefficient (Wildman–Crippen LogP) is 3.23. The molecule has 0 unspecified atom stereocenters. The number of methoxy groups -OCH3 is 2. The van der Waals surface area contributed by atoms with E-state index in [0.717, 1.165) is 4.47 Å². The molecule has 1 amide bonds. The van der Waals surface area contributed by atoms with Crippen molar-refractivity contribution >= 4 is 28.1 Å². The fraction of sp³-hybridized carbons (Fsp3) is 0.125. The minimum absolute atomic E-state index is 0.292. The fourth-order valence-electron chi connectivity index (χ4n) is 1.87. The minimum atomic E-state index is -0.292. The molecule has 0 spiro atoms. The first kappa shape index (κ1) is 16.0. The monoisotopic (exact) mass is 362 g/mol. The van der Waals surface area contributed by atoms with Gasteiger partial charge in [0, 0.05) is 15.6 Å². The van der Waals surface area contributed by atoms with Gasteiger partial charge in [-0.25, -0.2) is 5.43 Å². The summed E-state index contributed by atoms with van der Waals surface area (Å²) < 4.78 is 11.3. The summed E-state index contributed by atoms with van der Waals surface area (Å²) in [5.74, 6) is 0.870. The van der Waals surface area contributed by atoms with Crippen LogP contribution in [0.3, 0.4) is 0 Å². The Morgan fingerprint density at radius 1 is 1.18 bits per heavy atom. The Hall–Kier alpha value is -2.34. The summed E-state index contributed by atoms with van der Waals surface area (Å²) >= 11 is 3.32. The van der Waals surface area contributed by atoms with Crippen LogP contribution in [0, 0.1) is 0 Å². The summed E-state index contributed by atoms with van der Waals surface area (Å²) in [6.45, 7) is 0. The standard InChI is InChI=1S/C16H15BrN2O3/c1-21-14-8-4-6-12(15(14)22-2)10-18-19-16(20)11-5-3-7-13(17)9-11/h3-10H,1-2H3,(H,19,20)/b18-10-. The third kappa shape index (κ3) is 3.85. The van der Waals surface area contributed by atoms with E-state index in [1.165, 1.54) is 6.21 Å². The Balaban J connectivity index is 2.11. The van der Waals surface area contributed by atoms with Gasteiger partial charge in [-0.05, 0) is 30.3 Å². The van der Waals surface area contributed by atoms with Crippen molar-refractivity contribution in [1.82, 2.24) is 5.43 Å². The number of hydrogen-bond donors (Lipinski definition) is 1. The molecule has 0 saturated heterocycles. The molecule has 0 aromatic heterocycles. The van der Waals surface area contributed by atoms with Crippen LogP contribution in [0.15, 0.2) is 52.0 Å². The second kappa shape index (κ2) is 7.61. The quantitative estimate of drug-likeness (QED) is 0.656. The molecule has 0 fully saturated rings. The van der Waals surface area contributed by atoms with Crippen molar-refractivity contribution in [2.75, 3.05) is 14.2 Å². The van der Waals surface area contributed by atoms with Gasteiger partial charge in [0.1, 0.15) is 0 Å². The van der Waals surface area contributed by atoms with E-state index in [1.807, 2.05) is 18.2 Å². The lowest BCUT2D eigenvalue weighted by Crippen LogP contribution is -2.17. The van der Waals surface area contributed by atoms with Gasteiger partial charge >= 0.3 is 0 Å². The SMILES string of the molecule is COc1cccc(/C=N\NC(=O)c2cccc(Br)c2)c1OC. The molecular formula is C16H15BrN2O3. The summed E-state index contributed by atoms with van der Waals surface area (Å²) in [5, 5.41) is 3.96. The first-order chi connectivity index (χ1) is 10.7. The maximum absolute atomic E-state index is 12.0. The molecule has 2 aromatic carbocycles. The molecule has 0 saturated carbocycles. The molecule has 0 aliphatic rings. The zero-order valence-electron chi connectivity index (χ0n) is 12.2. The zero-order chi connectivity index (χ0) is 15.9. The molecule has 6 heteroatoms. The molecule has 114 valence electrons. The van der Waals surface area contributed by atoms with E-state index in [0.29, 0.717) is 22.6 Å². The Morgan fingerprint density at radius 2 is 1.95 bits per heavy atom. The van der Waals surface area contributed by atoms with Gasteiger partial charge in [-0.2, -0.15) is 5.10 Å². The molecule has 1 N–H and O–H groups in total. The minimum Gasteiger partial charge on any atom is -0.493 e. The predicted molar refractivity (Wildman–Crippen MR) is 88.7 cm³/mol. The number of nitrogens with one attached hydrogen (secondary N) is 1. The van der Waals surface area contributed by atoms with Crippen LogP contribution in [0.4, 0.5) is 0 Å². The van der Waals surface area contributed by atoms with Gasteiger partial charge in [-0.3, -0.25) is 4.79 Å². The largest absolute Gasteiger partial charge is 0.493 e. The van der Waals surface area contributed by atoms with E-state index < -0.39 is 0 Å². The number of para-hydroxylation sites is 1. The maximum atomic E-state index is 12.0. The van der Waals surface area contributed by atoms with E-state index in [2.05, 4.69) is 26.5 Å². The molecule has 0 aliphatic carbocycles. The first-order valence-electron chi connectivity index (χ1n) is 6.45. The van der Waals surface area contributed by atoms with Crippen LogP contribution in [0.25, 0.3) is 0 Å². The summed E-state index contributed by atoms with van der Waals surface area (Å²) in [6, 6.07) is 12.5. The molecule has 5 nitrogen and oxygen atoms in total. The van der Waals surface area contributed by atoms with Gasteiger partial charge in [0.2, 0.25) is 0 Å². The van der Waals surface area contributed by atoms with Crippen molar-refractivity contribution in [3.05, 3.63) is 58.1 Å². The Labute approximate surface area is 137 Å². The number of halogens is 1. The smallest absolute Gasteiger partial charge is 0.271 e. The van der Waals surface area contributed by atoms with Crippen molar-refractivity contribution in [3.63, 3.8) is 0 Å². The maximum Gasteiger partial charge on any atom is 0.271 e. The van der Waals surface area contributed by atoms with Crippen LogP contribution >= 0.6 is 15.9 Å². The second-order valence-corrected chi connectivity index (χ2v) is 5.21. The highest BCUT2D eigenvalue weighted by Gasteiger charge is 2.08. The summed E-state index contributed by atoms with van der Waals surface area (Å²) in [6.07, 6.45) is 1.51. The number of ether oxygens (including phenoxy) is 2. The summed E-state index contributed by atoms with van der Waals surface area (Å²) in [7, 11) is 3.11. The van der Waals surface area contributed by atoms with Crippen molar-refractivity contribution in [1.29, 1.82) is 0 Å². The molecule has 2 aromatic rings. The van der Waals surface area contributed by atoms with Crippen LogP contribution in [-0.2, 0) is 0 Å². The van der Waals surface area contributed by atoms with Crippen molar-refractivity contribution in [2.45, 2.75) is 0 Å². The van der Waals surface area contributed by atoms with Gasteiger partial charge in [-0.1, -0.05) is 28.1 Å². The molecule has 0 heterocycles. The number of carbonyl (C=O) groups excluding carboxylic acids is 1. The average Bonchev–Trinajstić information content (AvgIpc) is 2.54. The Morgan fingerprint density at radius 3 is 2.64 bits per heavy atom. The van der Waals surface area contributed by atoms with E-state index in [9.17, 15) is 4.79 Å². The van der Waals surface area contributed by atoms with E-state index >= 15 is 0 Å².